The molecule has 3 rings (SSSR count). The highest BCUT2D eigenvalue weighted by Gasteiger charge is 2.10. The number of aryl methyl sites for hydroxylation is 1. The van der Waals surface area contributed by atoms with Gasteiger partial charge in [-0.15, -0.1) is 0 Å². The number of nitrogens with zero attached hydrogens (tertiary/aromatic N) is 4. The minimum absolute atomic E-state index is 0.575. The van der Waals surface area contributed by atoms with Gasteiger partial charge in [0.05, 0.1) is 6.26 Å². The Balaban J connectivity index is 1.52. The Kier molecular flexibility index (Phi) is 5.68. The molecule has 0 amide bonds. The van der Waals surface area contributed by atoms with Gasteiger partial charge in [-0.1, -0.05) is 24.3 Å². The molecular weight excluding hydrogens is 328 g/mol. The molecule has 0 saturated carbocycles. The number of aromatic amines is 1. The lowest BCUT2D eigenvalue weighted by Crippen LogP contribution is -2.39. The zero-order valence-electron chi connectivity index (χ0n) is 15.4. The third-order valence-electron chi connectivity index (χ3n) is 4.16. The molecule has 26 heavy (non-hydrogen) atoms. The van der Waals surface area contributed by atoms with Gasteiger partial charge in [-0.05, 0) is 30.2 Å². The summed E-state index contributed by atoms with van der Waals surface area (Å²) >= 11 is 0. The van der Waals surface area contributed by atoms with E-state index in [-0.39, 0.29) is 0 Å². The Morgan fingerprint density at radius 1 is 1.27 bits per heavy atom. The maximum atomic E-state index is 5.30. The van der Waals surface area contributed by atoms with Gasteiger partial charge >= 0.3 is 0 Å². The van der Waals surface area contributed by atoms with E-state index in [1.54, 1.807) is 13.3 Å². The lowest BCUT2D eigenvalue weighted by atomic mass is 10.1. The molecule has 2 aromatic heterocycles. The van der Waals surface area contributed by atoms with Crippen molar-refractivity contribution in [3.8, 4) is 11.6 Å². The molecule has 0 radical (unpaired) electrons. The van der Waals surface area contributed by atoms with Crippen LogP contribution in [0, 0.1) is 6.92 Å². The van der Waals surface area contributed by atoms with Gasteiger partial charge in [-0.2, -0.15) is 5.10 Å². The highest BCUT2D eigenvalue weighted by Crippen LogP contribution is 2.14. The van der Waals surface area contributed by atoms with Crippen LogP contribution in [0.5, 0.6) is 0 Å². The number of rotatable bonds is 6. The van der Waals surface area contributed by atoms with E-state index >= 15 is 0 Å². The molecule has 0 unspecified atom stereocenters. The van der Waals surface area contributed by atoms with Crippen molar-refractivity contribution in [2.75, 3.05) is 20.6 Å². The van der Waals surface area contributed by atoms with Crippen LogP contribution in [0.4, 0.5) is 0 Å². The van der Waals surface area contributed by atoms with Crippen LogP contribution < -0.4 is 5.32 Å². The summed E-state index contributed by atoms with van der Waals surface area (Å²) in [6.45, 7) is 3.63. The molecule has 3 aromatic rings. The van der Waals surface area contributed by atoms with Crippen LogP contribution in [0.25, 0.3) is 11.6 Å². The van der Waals surface area contributed by atoms with E-state index in [1.807, 2.05) is 19.2 Å². The van der Waals surface area contributed by atoms with E-state index in [1.165, 1.54) is 11.1 Å². The highest BCUT2D eigenvalue weighted by molar-refractivity contribution is 5.79. The van der Waals surface area contributed by atoms with E-state index in [0.29, 0.717) is 24.6 Å². The Morgan fingerprint density at radius 2 is 2.12 bits per heavy atom. The molecule has 0 fully saturated rings. The van der Waals surface area contributed by atoms with Crippen molar-refractivity contribution in [1.82, 2.24) is 25.4 Å². The fraction of sp³-hybridized carbons (Fsp3) is 0.316. The SMILES string of the molecule is CN=C(NCCc1nc(-c2ccco2)n[nH]1)N(C)Cc1ccccc1C. The first-order chi connectivity index (χ1) is 12.7. The normalized spacial score (nSPS) is 11.6. The Labute approximate surface area is 153 Å². The molecule has 136 valence electrons. The number of benzene rings is 1. The molecule has 0 aliphatic rings. The maximum Gasteiger partial charge on any atom is 0.216 e. The van der Waals surface area contributed by atoms with Gasteiger partial charge in [0.25, 0.3) is 0 Å². The summed E-state index contributed by atoms with van der Waals surface area (Å²) in [6, 6.07) is 12.0. The molecule has 7 heteroatoms. The van der Waals surface area contributed by atoms with Crippen molar-refractivity contribution >= 4 is 5.96 Å². The van der Waals surface area contributed by atoms with Crippen LogP contribution in [-0.4, -0.2) is 46.7 Å². The molecule has 0 bridgehead atoms. The number of nitrogens with one attached hydrogen (secondary N) is 2. The average molecular weight is 352 g/mol. The molecule has 0 atom stereocenters. The average Bonchev–Trinajstić information content (AvgIpc) is 3.32. The van der Waals surface area contributed by atoms with Gasteiger partial charge in [-0.25, -0.2) is 4.98 Å². The Bertz CT molecular complexity index is 853. The predicted octanol–water partition coefficient (Wildman–Crippen LogP) is 2.62. The Hall–Kier alpha value is -3.09. The van der Waals surface area contributed by atoms with Crippen LogP contribution in [0.15, 0.2) is 52.1 Å². The summed E-state index contributed by atoms with van der Waals surface area (Å²) in [4.78, 5) is 10.9. The largest absolute Gasteiger partial charge is 0.461 e. The minimum atomic E-state index is 0.575. The smallest absolute Gasteiger partial charge is 0.216 e. The molecule has 0 aliphatic heterocycles. The summed E-state index contributed by atoms with van der Waals surface area (Å²) in [5.74, 6) is 2.89. The highest BCUT2D eigenvalue weighted by atomic mass is 16.3. The lowest BCUT2D eigenvalue weighted by Gasteiger charge is -2.22. The molecule has 2 heterocycles. The number of aliphatic imine (C=N–C) groups is 1. The summed E-state index contributed by atoms with van der Waals surface area (Å²) < 4.78 is 5.30. The lowest BCUT2D eigenvalue weighted by molar-refractivity contribution is 0.475. The molecule has 7 nitrogen and oxygen atoms in total. The van der Waals surface area contributed by atoms with Crippen molar-refractivity contribution in [3.05, 3.63) is 59.6 Å². The second-order valence-corrected chi connectivity index (χ2v) is 6.09. The molecular formula is C19H24N6O. The summed E-state index contributed by atoms with van der Waals surface area (Å²) in [6.07, 6.45) is 2.33. The van der Waals surface area contributed by atoms with Gasteiger partial charge in [0, 0.05) is 33.6 Å². The number of guanidine groups is 1. The molecule has 0 saturated heterocycles. The summed E-state index contributed by atoms with van der Waals surface area (Å²) in [7, 11) is 3.82. The van der Waals surface area contributed by atoms with E-state index in [9.17, 15) is 0 Å². The van der Waals surface area contributed by atoms with Crippen LogP contribution >= 0.6 is 0 Å². The zero-order chi connectivity index (χ0) is 18.4. The maximum absolute atomic E-state index is 5.30. The second-order valence-electron chi connectivity index (χ2n) is 6.09. The number of aromatic nitrogens is 3. The zero-order valence-corrected chi connectivity index (χ0v) is 15.4. The van der Waals surface area contributed by atoms with Gasteiger partial charge < -0.3 is 14.6 Å². The number of hydrogen-bond acceptors (Lipinski definition) is 4. The first-order valence-electron chi connectivity index (χ1n) is 8.59. The fourth-order valence-electron chi connectivity index (χ4n) is 2.72. The Morgan fingerprint density at radius 3 is 2.85 bits per heavy atom. The fourth-order valence-corrected chi connectivity index (χ4v) is 2.72. The first-order valence-corrected chi connectivity index (χ1v) is 8.59. The van der Waals surface area contributed by atoms with Crippen molar-refractivity contribution in [2.45, 2.75) is 19.9 Å². The predicted molar refractivity (Wildman–Crippen MR) is 102 cm³/mol. The minimum Gasteiger partial charge on any atom is -0.461 e. The molecule has 1 aromatic carbocycles. The van der Waals surface area contributed by atoms with Gasteiger partial charge in [0.1, 0.15) is 5.82 Å². The van der Waals surface area contributed by atoms with Crippen LogP contribution in [-0.2, 0) is 13.0 Å². The van der Waals surface area contributed by atoms with E-state index in [0.717, 1.165) is 18.3 Å². The van der Waals surface area contributed by atoms with Crippen LogP contribution in [0.2, 0.25) is 0 Å². The summed E-state index contributed by atoms with van der Waals surface area (Å²) in [5.41, 5.74) is 2.57. The second kappa shape index (κ2) is 8.33. The summed E-state index contributed by atoms with van der Waals surface area (Å²) in [5, 5.41) is 10.5. The topological polar surface area (TPSA) is 82.3 Å². The number of furan rings is 1. The number of H-pyrrole nitrogens is 1. The standard InChI is InChI=1S/C19H24N6O/c1-14-7-4-5-8-15(14)13-25(3)19(20-2)21-11-10-17-22-18(24-23-17)16-9-6-12-26-16/h4-9,12H,10-11,13H2,1-3H3,(H,20,21)(H,22,23,24). The quantitative estimate of drug-likeness (QED) is 0.526. The molecule has 0 aliphatic carbocycles. The van der Waals surface area contributed by atoms with E-state index in [4.69, 9.17) is 4.42 Å². The van der Waals surface area contributed by atoms with Crippen molar-refractivity contribution in [3.63, 3.8) is 0 Å². The van der Waals surface area contributed by atoms with Crippen LogP contribution in [0.1, 0.15) is 17.0 Å². The molecule has 0 spiro atoms. The number of hydrogen-bond donors (Lipinski definition) is 2. The monoisotopic (exact) mass is 352 g/mol. The van der Waals surface area contributed by atoms with Gasteiger partial charge in [-0.3, -0.25) is 10.1 Å². The first kappa shape index (κ1) is 17.7. The van der Waals surface area contributed by atoms with Crippen molar-refractivity contribution in [1.29, 1.82) is 0 Å². The molecule has 2 N–H and O–H groups in total. The van der Waals surface area contributed by atoms with Crippen molar-refractivity contribution < 1.29 is 4.42 Å². The van der Waals surface area contributed by atoms with Crippen LogP contribution in [0.3, 0.4) is 0 Å². The van der Waals surface area contributed by atoms with E-state index < -0.39 is 0 Å². The van der Waals surface area contributed by atoms with Gasteiger partial charge in [0.2, 0.25) is 5.82 Å². The van der Waals surface area contributed by atoms with Crippen molar-refractivity contribution in [2.24, 2.45) is 4.99 Å². The third-order valence-corrected chi connectivity index (χ3v) is 4.16. The van der Waals surface area contributed by atoms with Gasteiger partial charge in [0.15, 0.2) is 11.7 Å². The third kappa shape index (κ3) is 4.30. The van der Waals surface area contributed by atoms with E-state index in [2.05, 4.69) is 61.6 Å².